The van der Waals surface area contributed by atoms with E-state index in [-0.39, 0.29) is 12.3 Å². The predicted octanol–water partition coefficient (Wildman–Crippen LogP) is 3.37. The molecule has 0 spiro atoms. The molecule has 142 valence electrons. The third-order valence-electron chi connectivity index (χ3n) is 4.45. The molecule has 28 heavy (non-hydrogen) atoms. The molecular weight excluding hydrogens is 352 g/mol. The van der Waals surface area contributed by atoms with Gasteiger partial charge in [-0.2, -0.15) is 0 Å². The molecule has 3 aromatic rings. The Kier molecular flexibility index (Phi) is 6.54. The van der Waals surface area contributed by atoms with Crippen molar-refractivity contribution in [3.05, 3.63) is 95.6 Å². The van der Waals surface area contributed by atoms with Gasteiger partial charge in [-0.1, -0.05) is 72.8 Å². The maximum Gasteiger partial charge on any atom is 0.275 e. The van der Waals surface area contributed by atoms with Crippen molar-refractivity contribution in [3.8, 4) is 11.1 Å². The summed E-state index contributed by atoms with van der Waals surface area (Å²) in [7, 11) is 0. The Morgan fingerprint density at radius 1 is 0.821 bits per heavy atom. The SMILES string of the molecule is O=C(Cc1cccc(-c2ccccc2C(=O)NO)c1)NCCc1ccccc1. The van der Waals surface area contributed by atoms with Gasteiger partial charge in [-0.25, -0.2) is 5.48 Å². The van der Waals surface area contributed by atoms with Crippen molar-refractivity contribution < 1.29 is 14.8 Å². The van der Waals surface area contributed by atoms with E-state index in [0.717, 1.165) is 17.5 Å². The monoisotopic (exact) mass is 374 g/mol. The van der Waals surface area contributed by atoms with Gasteiger partial charge in [0.25, 0.3) is 5.91 Å². The van der Waals surface area contributed by atoms with Gasteiger partial charge in [0.2, 0.25) is 5.91 Å². The van der Waals surface area contributed by atoms with Gasteiger partial charge < -0.3 is 5.32 Å². The first-order valence-corrected chi connectivity index (χ1v) is 9.11. The number of hydrogen-bond acceptors (Lipinski definition) is 3. The molecule has 0 saturated heterocycles. The molecule has 0 heterocycles. The van der Waals surface area contributed by atoms with Gasteiger partial charge in [-0.15, -0.1) is 0 Å². The lowest BCUT2D eigenvalue weighted by Gasteiger charge is -2.10. The normalized spacial score (nSPS) is 10.3. The quantitative estimate of drug-likeness (QED) is 0.438. The van der Waals surface area contributed by atoms with Gasteiger partial charge in [-0.3, -0.25) is 14.8 Å². The minimum atomic E-state index is -0.570. The summed E-state index contributed by atoms with van der Waals surface area (Å²) >= 11 is 0. The van der Waals surface area contributed by atoms with Crippen LogP contribution in [0.4, 0.5) is 0 Å². The summed E-state index contributed by atoms with van der Waals surface area (Å²) in [4.78, 5) is 24.1. The molecule has 5 nitrogen and oxygen atoms in total. The Balaban J connectivity index is 1.65. The number of benzene rings is 3. The Morgan fingerprint density at radius 3 is 2.32 bits per heavy atom. The summed E-state index contributed by atoms with van der Waals surface area (Å²) in [5.74, 6) is -0.617. The first-order valence-electron chi connectivity index (χ1n) is 9.11. The molecule has 0 fully saturated rings. The van der Waals surface area contributed by atoms with E-state index in [1.54, 1.807) is 17.6 Å². The number of amides is 2. The van der Waals surface area contributed by atoms with E-state index in [9.17, 15) is 9.59 Å². The predicted molar refractivity (Wildman–Crippen MR) is 108 cm³/mol. The molecule has 3 aromatic carbocycles. The average Bonchev–Trinajstić information content (AvgIpc) is 2.74. The molecule has 2 amide bonds. The summed E-state index contributed by atoms with van der Waals surface area (Å²) in [6.45, 7) is 0.585. The lowest BCUT2D eigenvalue weighted by Crippen LogP contribution is -2.27. The van der Waals surface area contributed by atoms with Crippen LogP contribution in [-0.2, 0) is 17.6 Å². The summed E-state index contributed by atoms with van der Waals surface area (Å²) in [6, 6.07) is 24.5. The Hall–Kier alpha value is -3.44. The molecular formula is C23H22N2O3. The number of carbonyl (C=O) groups is 2. The fourth-order valence-corrected chi connectivity index (χ4v) is 3.08. The first-order chi connectivity index (χ1) is 13.7. The van der Waals surface area contributed by atoms with E-state index in [0.29, 0.717) is 17.7 Å². The van der Waals surface area contributed by atoms with Gasteiger partial charge in [0, 0.05) is 12.1 Å². The molecule has 0 aromatic heterocycles. The van der Waals surface area contributed by atoms with Crippen LogP contribution >= 0.6 is 0 Å². The van der Waals surface area contributed by atoms with Crippen LogP contribution in [0.15, 0.2) is 78.9 Å². The lowest BCUT2D eigenvalue weighted by molar-refractivity contribution is -0.120. The average molecular weight is 374 g/mol. The van der Waals surface area contributed by atoms with E-state index in [1.807, 2.05) is 66.7 Å². The van der Waals surface area contributed by atoms with Crippen LogP contribution in [0.25, 0.3) is 11.1 Å². The van der Waals surface area contributed by atoms with Gasteiger partial charge in [0.15, 0.2) is 0 Å². The standard InChI is InChI=1S/C23H22N2O3/c26-22(24-14-13-17-7-2-1-3-8-17)16-18-9-6-10-19(15-18)20-11-4-5-12-21(20)23(27)25-28/h1-12,15,28H,13-14,16H2,(H,24,26)(H,25,27). The Morgan fingerprint density at radius 2 is 1.54 bits per heavy atom. The number of hydroxylamine groups is 1. The first kappa shape index (κ1) is 19.3. The summed E-state index contributed by atoms with van der Waals surface area (Å²) in [6.07, 6.45) is 1.05. The van der Waals surface area contributed by atoms with Crippen molar-refractivity contribution in [1.82, 2.24) is 10.8 Å². The number of hydrogen-bond donors (Lipinski definition) is 3. The second-order valence-electron chi connectivity index (χ2n) is 6.45. The highest BCUT2D eigenvalue weighted by molar-refractivity contribution is 6.00. The molecule has 0 aliphatic carbocycles. The second kappa shape index (κ2) is 9.48. The van der Waals surface area contributed by atoms with Crippen LogP contribution in [0.1, 0.15) is 21.5 Å². The third kappa shape index (κ3) is 5.05. The molecule has 3 rings (SSSR count). The summed E-state index contributed by atoms with van der Waals surface area (Å²) in [5, 5.41) is 11.9. The highest BCUT2D eigenvalue weighted by atomic mass is 16.5. The van der Waals surface area contributed by atoms with Gasteiger partial charge >= 0.3 is 0 Å². The van der Waals surface area contributed by atoms with E-state index in [2.05, 4.69) is 5.32 Å². The van der Waals surface area contributed by atoms with Crippen LogP contribution in [0.2, 0.25) is 0 Å². The summed E-state index contributed by atoms with van der Waals surface area (Å²) in [5.41, 5.74) is 5.59. The van der Waals surface area contributed by atoms with Gasteiger partial charge in [0.05, 0.1) is 6.42 Å². The van der Waals surface area contributed by atoms with Crippen molar-refractivity contribution >= 4 is 11.8 Å². The minimum Gasteiger partial charge on any atom is -0.355 e. The summed E-state index contributed by atoms with van der Waals surface area (Å²) < 4.78 is 0. The molecule has 0 radical (unpaired) electrons. The molecule has 0 aliphatic rings. The Labute approximate surface area is 164 Å². The van der Waals surface area contributed by atoms with Crippen LogP contribution < -0.4 is 10.8 Å². The highest BCUT2D eigenvalue weighted by Crippen LogP contribution is 2.24. The zero-order chi connectivity index (χ0) is 19.8. The fraction of sp³-hybridized carbons (Fsp3) is 0.130. The smallest absolute Gasteiger partial charge is 0.275 e. The third-order valence-corrected chi connectivity index (χ3v) is 4.45. The largest absolute Gasteiger partial charge is 0.355 e. The van der Waals surface area contributed by atoms with Crippen LogP contribution in [-0.4, -0.2) is 23.6 Å². The molecule has 5 heteroatoms. The number of nitrogens with one attached hydrogen (secondary N) is 2. The maximum absolute atomic E-state index is 12.3. The molecule has 0 saturated carbocycles. The molecule has 0 atom stereocenters. The van der Waals surface area contributed by atoms with Crippen molar-refractivity contribution in [2.24, 2.45) is 0 Å². The van der Waals surface area contributed by atoms with Crippen LogP contribution in [0, 0.1) is 0 Å². The molecule has 0 unspecified atom stereocenters. The van der Waals surface area contributed by atoms with Gasteiger partial charge in [0.1, 0.15) is 0 Å². The lowest BCUT2D eigenvalue weighted by atomic mass is 9.97. The second-order valence-corrected chi connectivity index (χ2v) is 6.45. The van der Waals surface area contributed by atoms with Gasteiger partial charge in [-0.05, 0) is 34.7 Å². The van der Waals surface area contributed by atoms with E-state index in [1.165, 1.54) is 5.56 Å². The Bertz CT molecular complexity index is 955. The minimum absolute atomic E-state index is 0.0468. The van der Waals surface area contributed by atoms with Crippen molar-refractivity contribution in [2.45, 2.75) is 12.8 Å². The van der Waals surface area contributed by atoms with E-state index >= 15 is 0 Å². The fourth-order valence-electron chi connectivity index (χ4n) is 3.08. The van der Waals surface area contributed by atoms with Crippen molar-refractivity contribution in [2.75, 3.05) is 6.54 Å². The molecule has 3 N–H and O–H groups in total. The topological polar surface area (TPSA) is 78.4 Å². The van der Waals surface area contributed by atoms with Crippen LogP contribution in [0.3, 0.4) is 0 Å². The molecule has 0 aliphatic heterocycles. The number of rotatable bonds is 7. The van der Waals surface area contributed by atoms with E-state index in [4.69, 9.17) is 5.21 Å². The zero-order valence-corrected chi connectivity index (χ0v) is 15.4. The van der Waals surface area contributed by atoms with E-state index < -0.39 is 5.91 Å². The van der Waals surface area contributed by atoms with Crippen LogP contribution in [0.5, 0.6) is 0 Å². The van der Waals surface area contributed by atoms with Crippen molar-refractivity contribution in [1.29, 1.82) is 0 Å². The van der Waals surface area contributed by atoms with Crippen molar-refractivity contribution in [3.63, 3.8) is 0 Å². The highest BCUT2D eigenvalue weighted by Gasteiger charge is 2.12. The zero-order valence-electron chi connectivity index (χ0n) is 15.4. The molecule has 0 bridgehead atoms. The maximum atomic E-state index is 12.3. The number of carbonyl (C=O) groups excluding carboxylic acids is 2.